The highest BCUT2D eigenvalue weighted by Gasteiger charge is 2.27. The van der Waals surface area contributed by atoms with E-state index in [1.54, 1.807) is 11.6 Å². The first-order valence-corrected chi connectivity index (χ1v) is 12.4. The van der Waals surface area contributed by atoms with Crippen LogP contribution in [-0.2, 0) is 11.2 Å². The number of likely N-dealkylation sites (tertiary alicyclic amines) is 1. The minimum atomic E-state index is 0.145. The molecule has 1 aromatic carbocycles. The Hall–Kier alpha value is -3.07. The van der Waals surface area contributed by atoms with Crippen LogP contribution in [0.4, 0.5) is 0 Å². The third kappa shape index (κ3) is 3.94. The smallest absolute Gasteiger partial charge is 0.253 e. The van der Waals surface area contributed by atoms with Gasteiger partial charge in [0.15, 0.2) is 0 Å². The van der Waals surface area contributed by atoms with E-state index in [0.717, 1.165) is 54.1 Å². The van der Waals surface area contributed by atoms with Crippen LogP contribution >= 0.6 is 11.8 Å². The summed E-state index contributed by atoms with van der Waals surface area (Å²) in [5.41, 5.74) is 5.15. The summed E-state index contributed by atoms with van der Waals surface area (Å²) in [7, 11) is 1.69. The Morgan fingerprint density at radius 2 is 2.03 bits per heavy atom. The molecule has 0 aliphatic carbocycles. The molecule has 172 valence electrons. The molecular formula is C24H28N6O2S. The molecule has 8 nitrogen and oxygen atoms in total. The topological polar surface area (TPSA) is 88.4 Å². The Morgan fingerprint density at radius 1 is 1.24 bits per heavy atom. The number of ether oxygens (including phenoxy) is 1. The Labute approximate surface area is 196 Å². The van der Waals surface area contributed by atoms with Crippen molar-refractivity contribution >= 4 is 34.3 Å². The summed E-state index contributed by atoms with van der Waals surface area (Å²) in [6.07, 6.45) is 6.29. The minimum absolute atomic E-state index is 0.145. The van der Waals surface area contributed by atoms with Gasteiger partial charge in [-0.2, -0.15) is 4.98 Å². The zero-order chi connectivity index (χ0) is 23.1. The fourth-order valence-corrected chi connectivity index (χ4v) is 5.16. The Bertz CT molecular complexity index is 1340. The summed E-state index contributed by atoms with van der Waals surface area (Å²) >= 11 is 1.49. The number of nitrogens with zero attached hydrogens (tertiary/aromatic N) is 5. The number of amides is 1. The number of carbonyl (C=O) groups is 1. The molecule has 0 atom stereocenters. The van der Waals surface area contributed by atoms with Crippen LogP contribution in [0.1, 0.15) is 41.3 Å². The van der Waals surface area contributed by atoms with Crippen molar-refractivity contribution in [2.45, 2.75) is 44.2 Å². The molecule has 0 bridgehead atoms. The number of piperidine rings is 1. The molecule has 0 spiro atoms. The third-order valence-electron chi connectivity index (χ3n) is 6.75. The maximum absolute atomic E-state index is 13.2. The number of nitrogens with one attached hydrogen (secondary N) is 1. The van der Waals surface area contributed by atoms with Gasteiger partial charge in [0.25, 0.3) is 5.78 Å². The van der Waals surface area contributed by atoms with E-state index in [4.69, 9.17) is 4.74 Å². The Morgan fingerprint density at radius 3 is 2.76 bits per heavy atom. The van der Waals surface area contributed by atoms with E-state index in [9.17, 15) is 4.79 Å². The van der Waals surface area contributed by atoms with E-state index in [-0.39, 0.29) is 5.91 Å². The summed E-state index contributed by atoms with van der Waals surface area (Å²) in [5, 5.41) is 6.39. The standard InChI is InChI=1S/C24H28N6O2S/c1-14-18(15(2)30-23(26-14)27-24(28-30)33-4)12-22(31)29-9-7-16(8-10-29)20-13-25-21-6-5-17(32-3)11-19(20)21/h5-6,11,13,16,25H,7-10,12H2,1-4H3. The van der Waals surface area contributed by atoms with Gasteiger partial charge < -0.3 is 14.6 Å². The second kappa shape index (κ2) is 8.70. The average Bonchev–Trinajstić information content (AvgIpc) is 3.45. The van der Waals surface area contributed by atoms with Gasteiger partial charge in [-0.1, -0.05) is 11.8 Å². The second-order valence-electron chi connectivity index (χ2n) is 8.56. The maximum atomic E-state index is 13.2. The Kier molecular flexibility index (Phi) is 5.74. The van der Waals surface area contributed by atoms with E-state index in [0.29, 0.717) is 23.3 Å². The lowest BCUT2D eigenvalue weighted by Crippen LogP contribution is -2.39. The Balaban J connectivity index is 1.30. The predicted molar refractivity (Wildman–Crippen MR) is 129 cm³/mol. The number of benzene rings is 1. The molecule has 4 heterocycles. The molecule has 0 saturated carbocycles. The SMILES string of the molecule is COc1ccc2[nH]cc(C3CCN(C(=O)Cc4c(C)nc5nc(SC)nn5c4C)CC3)c2c1. The first kappa shape index (κ1) is 21.8. The molecule has 1 saturated heterocycles. The molecule has 9 heteroatoms. The normalized spacial score (nSPS) is 15.0. The summed E-state index contributed by atoms with van der Waals surface area (Å²) in [5.74, 6) is 2.02. The van der Waals surface area contributed by atoms with Gasteiger partial charge in [0, 0.05) is 47.1 Å². The fraction of sp³-hybridized carbons (Fsp3) is 0.417. The van der Waals surface area contributed by atoms with E-state index in [1.807, 2.05) is 31.1 Å². The molecule has 33 heavy (non-hydrogen) atoms. The number of methoxy groups -OCH3 is 1. The zero-order valence-corrected chi connectivity index (χ0v) is 20.2. The van der Waals surface area contributed by atoms with Gasteiger partial charge in [0.05, 0.1) is 13.5 Å². The maximum Gasteiger partial charge on any atom is 0.253 e. The second-order valence-corrected chi connectivity index (χ2v) is 9.33. The highest BCUT2D eigenvalue weighted by Crippen LogP contribution is 2.35. The van der Waals surface area contributed by atoms with Crippen molar-refractivity contribution in [3.8, 4) is 5.75 Å². The van der Waals surface area contributed by atoms with Gasteiger partial charge in [-0.05, 0) is 62.6 Å². The fourth-order valence-electron chi connectivity index (χ4n) is 4.82. The number of aryl methyl sites for hydroxylation is 2. The number of fused-ring (bicyclic) bond motifs is 2. The first-order valence-electron chi connectivity index (χ1n) is 11.2. The summed E-state index contributed by atoms with van der Waals surface area (Å²) in [6, 6.07) is 6.13. The van der Waals surface area contributed by atoms with Gasteiger partial charge in [-0.15, -0.1) is 5.10 Å². The number of thioether (sulfide) groups is 1. The van der Waals surface area contributed by atoms with Crippen LogP contribution in [0.5, 0.6) is 5.75 Å². The number of aromatic nitrogens is 5. The molecule has 4 aromatic rings. The predicted octanol–water partition coefficient (Wildman–Crippen LogP) is 3.90. The van der Waals surface area contributed by atoms with Crippen LogP contribution < -0.4 is 4.74 Å². The van der Waals surface area contributed by atoms with E-state index in [1.165, 1.54) is 22.7 Å². The molecule has 0 unspecified atom stereocenters. The summed E-state index contributed by atoms with van der Waals surface area (Å²) in [6.45, 7) is 5.45. The molecule has 5 rings (SSSR count). The molecular weight excluding hydrogens is 436 g/mol. The van der Waals surface area contributed by atoms with Crippen molar-refractivity contribution in [2.24, 2.45) is 0 Å². The number of rotatable bonds is 5. The monoisotopic (exact) mass is 464 g/mol. The van der Waals surface area contributed by atoms with Gasteiger partial charge >= 0.3 is 0 Å². The van der Waals surface area contributed by atoms with Crippen molar-refractivity contribution in [2.75, 3.05) is 26.5 Å². The number of H-pyrrole nitrogens is 1. The summed E-state index contributed by atoms with van der Waals surface area (Å²) in [4.78, 5) is 27.6. The van der Waals surface area contributed by atoms with Crippen LogP contribution in [0, 0.1) is 13.8 Å². The molecule has 1 aliphatic heterocycles. The van der Waals surface area contributed by atoms with E-state index >= 15 is 0 Å². The van der Waals surface area contributed by atoms with E-state index < -0.39 is 0 Å². The molecule has 3 aromatic heterocycles. The molecule has 1 amide bonds. The molecule has 1 N–H and O–H groups in total. The van der Waals surface area contributed by atoms with Crippen LogP contribution in [0.15, 0.2) is 29.6 Å². The number of hydrogen-bond acceptors (Lipinski definition) is 6. The van der Waals surface area contributed by atoms with Crippen molar-refractivity contribution in [1.29, 1.82) is 0 Å². The zero-order valence-electron chi connectivity index (χ0n) is 19.4. The van der Waals surface area contributed by atoms with Gasteiger partial charge in [0.1, 0.15) is 5.75 Å². The minimum Gasteiger partial charge on any atom is -0.497 e. The number of aromatic amines is 1. The quantitative estimate of drug-likeness (QED) is 0.451. The third-order valence-corrected chi connectivity index (χ3v) is 7.29. The van der Waals surface area contributed by atoms with E-state index in [2.05, 4.69) is 38.4 Å². The van der Waals surface area contributed by atoms with Gasteiger partial charge in [0.2, 0.25) is 11.1 Å². The summed E-state index contributed by atoms with van der Waals surface area (Å²) < 4.78 is 7.16. The lowest BCUT2D eigenvalue weighted by atomic mass is 9.89. The number of hydrogen-bond donors (Lipinski definition) is 1. The molecule has 1 aliphatic rings. The van der Waals surface area contributed by atoms with Crippen molar-refractivity contribution in [1.82, 2.24) is 29.5 Å². The van der Waals surface area contributed by atoms with Crippen molar-refractivity contribution in [3.63, 3.8) is 0 Å². The highest BCUT2D eigenvalue weighted by molar-refractivity contribution is 7.98. The van der Waals surface area contributed by atoms with Crippen LogP contribution in [0.2, 0.25) is 0 Å². The van der Waals surface area contributed by atoms with Crippen LogP contribution in [-0.4, -0.2) is 61.8 Å². The molecule has 1 fully saturated rings. The largest absolute Gasteiger partial charge is 0.497 e. The highest BCUT2D eigenvalue weighted by atomic mass is 32.2. The lowest BCUT2D eigenvalue weighted by molar-refractivity contribution is -0.131. The number of carbonyl (C=O) groups excluding carboxylic acids is 1. The molecule has 0 radical (unpaired) electrons. The van der Waals surface area contributed by atoms with Crippen molar-refractivity contribution in [3.05, 3.63) is 46.9 Å². The average molecular weight is 465 g/mol. The van der Waals surface area contributed by atoms with Crippen molar-refractivity contribution < 1.29 is 9.53 Å². The van der Waals surface area contributed by atoms with Crippen LogP contribution in [0.25, 0.3) is 16.7 Å². The lowest BCUT2D eigenvalue weighted by Gasteiger charge is -2.32. The van der Waals surface area contributed by atoms with Gasteiger partial charge in [-0.3, -0.25) is 4.79 Å². The first-order chi connectivity index (χ1) is 16.0. The van der Waals surface area contributed by atoms with Crippen LogP contribution in [0.3, 0.4) is 0 Å². The van der Waals surface area contributed by atoms with Gasteiger partial charge in [-0.25, -0.2) is 9.50 Å².